The molecule has 0 aliphatic heterocycles. The molecule has 2 heterocycles. The van der Waals surface area contributed by atoms with E-state index in [1.165, 1.54) is 12.1 Å². The van der Waals surface area contributed by atoms with Crippen molar-refractivity contribution in [3.05, 3.63) is 148 Å². The molecule has 0 unspecified atom stereocenters. The molecule has 3 nitrogen and oxygen atoms in total. The Labute approximate surface area is 265 Å². The zero-order valence-electron chi connectivity index (χ0n) is 25.9. The van der Waals surface area contributed by atoms with Gasteiger partial charge in [-0.25, -0.2) is 13.6 Å². The molecule has 0 saturated carbocycles. The molecule has 0 bridgehead atoms. The monoisotopic (exact) mass is 601 g/mol. The second-order valence-electron chi connectivity index (χ2n) is 12.4. The van der Waals surface area contributed by atoms with Crippen molar-refractivity contribution in [1.29, 1.82) is 0 Å². The summed E-state index contributed by atoms with van der Waals surface area (Å²) in [6, 6.07) is 33.0. The van der Waals surface area contributed by atoms with Crippen molar-refractivity contribution in [1.82, 2.24) is 9.13 Å². The van der Waals surface area contributed by atoms with Crippen molar-refractivity contribution in [3.63, 3.8) is 0 Å². The molecule has 2 aromatic heterocycles. The van der Waals surface area contributed by atoms with Crippen molar-refractivity contribution < 1.29 is 8.78 Å². The maximum atomic E-state index is 14.6. The SMILES string of the molecule is [C-]#[N+]c1cc(-n2c3ccc(C)cc3c3cc(C)ccc32)c(-n2c3ccc(C)cc3c3cc(C)ccc32)cc1-c1cc(F)cc(F)c1. The Morgan fingerprint density at radius 2 is 0.848 bits per heavy atom. The number of fused-ring (bicyclic) bond motifs is 6. The van der Waals surface area contributed by atoms with E-state index < -0.39 is 11.6 Å². The first kappa shape index (κ1) is 27.8. The van der Waals surface area contributed by atoms with E-state index in [9.17, 15) is 8.78 Å². The third-order valence-electron chi connectivity index (χ3n) is 9.02. The molecule has 8 rings (SSSR count). The minimum absolute atomic E-state index is 0.311. The van der Waals surface area contributed by atoms with Crippen LogP contribution < -0.4 is 0 Å². The summed E-state index contributed by atoms with van der Waals surface area (Å²) >= 11 is 0. The summed E-state index contributed by atoms with van der Waals surface area (Å²) in [5.74, 6) is -1.37. The molecular formula is C41H29F2N3. The molecule has 0 aliphatic carbocycles. The van der Waals surface area contributed by atoms with E-state index in [1.54, 1.807) is 0 Å². The van der Waals surface area contributed by atoms with Gasteiger partial charge in [0, 0.05) is 27.6 Å². The Kier molecular flexibility index (Phi) is 6.13. The Morgan fingerprint density at radius 1 is 0.478 bits per heavy atom. The summed E-state index contributed by atoms with van der Waals surface area (Å²) in [7, 11) is 0. The van der Waals surface area contributed by atoms with Crippen LogP contribution in [-0.2, 0) is 0 Å². The van der Waals surface area contributed by atoms with Gasteiger partial charge < -0.3 is 9.13 Å². The predicted octanol–water partition coefficient (Wildman–Crippen LogP) is 11.6. The van der Waals surface area contributed by atoms with Gasteiger partial charge in [0.1, 0.15) is 11.6 Å². The second-order valence-corrected chi connectivity index (χ2v) is 12.4. The average molecular weight is 602 g/mol. The van der Waals surface area contributed by atoms with Gasteiger partial charge in [-0.05, 0) is 112 Å². The van der Waals surface area contributed by atoms with Crippen LogP contribution in [0.2, 0.25) is 0 Å². The first-order valence-electron chi connectivity index (χ1n) is 15.3. The lowest BCUT2D eigenvalue weighted by Crippen LogP contribution is -2.04. The van der Waals surface area contributed by atoms with Crippen LogP contribution in [0.25, 0.3) is 71.0 Å². The van der Waals surface area contributed by atoms with E-state index in [4.69, 9.17) is 6.57 Å². The van der Waals surface area contributed by atoms with Gasteiger partial charge in [-0.2, -0.15) is 0 Å². The highest BCUT2D eigenvalue weighted by atomic mass is 19.1. The molecule has 0 atom stereocenters. The largest absolute Gasteiger partial charge is 0.308 e. The highest BCUT2D eigenvalue weighted by molar-refractivity contribution is 6.12. The van der Waals surface area contributed by atoms with Crippen LogP contribution in [0.4, 0.5) is 14.5 Å². The van der Waals surface area contributed by atoms with E-state index in [0.29, 0.717) is 16.8 Å². The Bertz CT molecular complexity index is 2470. The molecule has 0 amide bonds. The molecule has 222 valence electrons. The van der Waals surface area contributed by atoms with E-state index >= 15 is 0 Å². The molecule has 0 N–H and O–H groups in total. The number of aryl methyl sites for hydroxylation is 4. The van der Waals surface area contributed by atoms with Gasteiger partial charge in [0.05, 0.1) is 40.0 Å². The summed E-state index contributed by atoms with van der Waals surface area (Å²) in [5.41, 5.74) is 11.4. The van der Waals surface area contributed by atoms with Crippen LogP contribution >= 0.6 is 0 Å². The number of hydrogen-bond acceptors (Lipinski definition) is 0. The van der Waals surface area contributed by atoms with Gasteiger partial charge in [0.2, 0.25) is 0 Å². The number of aromatic nitrogens is 2. The molecule has 0 spiro atoms. The highest BCUT2D eigenvalue weighted by Gasteiger charge is 2.23. The van der Waals surface area contributed by atoms with Gasteiger partial charge in [-0.3, -0.25) is 0 Å². The molecule has 5 heteroatoms. The Morgan fingerprint density at radius 3 is 1.22 bits per heavy atom. The van der Waals surface area contributed by atoms with Gasteiger partial charge in [0.25, 0.3) is 0 Å². The number of rotatable bonds is 3. The van der Waals surface area contributed by atoms with Crippen LogP contribution in [-0.4, -0.2) is 9.13 Å². The summed E-state index contributed by atoms with van der Waals surface area (Å²) in [6.07, 6.45) is 0. The van der Waals surface area contributed by atoms with Crippen molar-refractivity contribution in [2.45, 2.75) is 27.7 Å². The lowest BCUT2D eigenvalue weighted by atomic mass is 10.0. The minimum atomic E-state index is -0.687. The number of nitrogens with zero attached hydrogens (tertiary/aromatic N) is 3. The maximum absolute atomic E-state index is 14.6. The lowest BCUT2D eigenvalue weighted by molar-refractivity contribution is 0.584. The molecule has 46 heavy (non-hydrogen) atoms. The van der Waals surface area contributed by atoms with E-state index in [2.05, 4.69) is 114 Å². The van der Waals surface area contributed by atoms with Gasteiger partial charge in [-0.15, -0.1) is 0 Å². The third kappa shape index (κ3) is 4.22. The minimum Gasteiger partial charge on any atom is -0.308 e. The zero-order chi connectivity index (χ0) is 31.9. The Hall–Kier alpha value is -5.73. The maximum Gasteiger partial charge on any atom is 0.197 e. The van der Waals surface area contributed by atoms with Crippen molar-refractivity contribution in [2.24, 2.45) is 0 Å². The van der Waals surface area contributed by atoms with Gasteiger partial charge >= 0.3 is 0 Å². The molecule has 6 aromatic carbocycles. The van der Waals surface area contributed by atoms with Crippen molar-refractivity contribution >= 4 is 49.3 Å². The normalized spacial score (nSPS) is 11.7. The van der Waals surface area contributed by atoms with Crippen molar-refractivity contribution in [3.8, 4) is 22.5 Å². The van der Waals surface area contributed by atoms with Crippen molar-refractivity contribution in [2.75, 3.05) is 0 Å². The summed E-state index contributed by atoms with van der Waals surface area (Å²) < 4.78 is 33.7. The smallest absolute Gasteiger partial charge is 0.197 e. The second kappa shape index (κ2) is 10.2. The topological polar surface area (TPSA) is 14.2 Å². The molecule has 0 fully saturated rings. The number of hydrogen-bond donors (Lipinski definition) is 0. The molecular weight excluding hydrogens is 572 g/mol. The van der Waals surface area contributed by atoms with E-state index in [-0.39, 0.29) is 0 Å². The number of benzene rings is 6. The van der Waals surface area contributed by atoms with Crippen LogP contribution in [0.5, 0.6) is 0 Å². The summed E-state index contributed by atoms with van der Waals surface area (Å²) in [4.78, 5) is 3.92. The van der Waals surface area contributed by atoms with Gasteiger partial charge in [0.15, 0.2) is 5.69 Å². The summed E-state index contributed by atoms with van der Waals surface area (Å²) in [6.45, 7) is 16.6. The third-order valence-corrected chi connectivity index (χ3v) is 9.02. The van der Waals surface area contributed by atoms with Gasteiger partial charge in [-0.1, -0.05) is 46.5 Å². The van der Waals surface area contributed by atoms with Crippen LogP contribution in [0, 0.1) is 45.9 Å². The van der Waals surface area contributed by atoms with Crippen LogP contribution in [0.15, 0.2) is 103 Å². The molecule has 0 radical (unpaired) electrons. The standard InChI is InChI=1S/C41H29F2N3/c1-23-6-10-36-31(14-23)32-15-24(2)7-11-37(32)45(36)40-21-30(27-18-28(42)20-29(43)19-27)35(44-5)22-41(40)46-38-12-8-25(3)16-33(38)34-17-26(4)9-13-39(34)46/h6-22H,1-4H3. The van der Waals surface area contributed by atoms with E-state index in [1.807, 2.05) is 12.1 Å². The average Bonchev–Trinajstić information content (AvgIpc) is 3.51. The lowest BCUT2D eigenvalue weighted by Gasteiger charge is -2.20. The first-order valence-corrected chi connectivity index (χ1v) is 15.3. The molecule has 0 saturated heterocycles. The highest BCUT2D eigenvalue weighted by Crippen LogP contribution is 2.43. The fraction of sp³-hybridized carbons (Fsp3) is 0.0976. The molecule has 8 aromatic rings. The zero-order valence-corrected chi connectivity index (χ0v) is 25.9. The van der Waals surface area contributed by atoms with Crippen LogP contribution in [0.1, 0.15) is 22.3 Å². The predicted molar refractivity (Wildman–Crippen MR) is 186 cm³/mol. The fourth-order valence-electron chi connectivity index (χ4n) is 6.98. The fourth-order valence-corrected chi connectivity index (χ4v) is 6.98. The van der Waals surface area contributed by atoms with Crippen LogP contribution in [0.3, 0.4) is 0 Å². The Balaban J connectivity index is 1.59. The quantitative estimate of drug-likeness (QED) is 0.179. The number of halogens is 2. The first-order chi connectivity index (χ1) is 22.2. The molecule has 0 aliphatic rings. The van der Waals surface area contributed by atoms with E-state index in [0.717, 1.165) is 83.3 Å². The summed E-state index contributed by atoms with van der Waals surface area (Å²) in [5, 5.41) is 4.48.